The summed E-state index contributed by atoms with van der Waals surface area (Å²) in [5, 5.41) is 0. The number of hydrogen-bond donors (Lipinski definition) is 0. The lowest BCUT2D eigenvalue weighted by atomic mass is 10.1. The molecule has 0 aliphatic heterocycles. The van der Waals surface area contributed by atoms with Gasteiger partial charge in [0.15, 0.2) is 12.4 Å². The molecule has 0 saturated carbocycles. The molecule has 0 radical (unpaired) electrons. The van der Waals surface area contributed by atoms with E-state index in [9.17, 15) is 4.79 Å². The maximum Gasteiger partial charge on any atom is 0.200 e. The van der Waals surface area contributed by atoms with Crippen LogP contribution in [0, 0.1) is 0 Å². The molecule has 2 aromatic carbocycles. The molecule has 0 bridgehead atoms. The van der Waals surface area contributed by atoms with Crippen LogP contribution < -0.4 is 9.47 Å². The summed E-state index contributed by atoms with van der Waals surface area (Å²) >= 11 is 0. The number of carbonyl (C=O) groups excluding carboxylic acids is 1. The Bertz CT molecular complexity index is 532. The molecule has 0 aromatic heterocycles. The lowest BCUT2D eigenvalue weighted by Gasteiger charge is -2.07. The summed E-state index contributed by atoms with van der Waals surface area (Å²) < 4.78 is 10.9. The van der Waals surface area contributed by atoms with Crippen molar-refractivity contribution in [1.29, 1.82) is 0 Å². The van der Waals surface area contributed by atoms with Gasteiger partial charge >= 0.3 is 0 Å². The smallest absolute Gasteiger partial charge is 0.200 e. The minimum Gasteiger partial charge on any atom is -0.494 e. The first kappa shape index (κ1) is 14.1. The van der Waals surface area contributed by atoms with Crippen molar-refractivity contribution in [2.75, 3.05) is 13.2 Å². The molecule has 0 N–H and O–H groups in total. The van der Waals surface area contributed by atoms with Crippen LogP contribution in [0.25, 0.3) is 0 Å². The number of ether oxygens (including phenoxy) is 2. The molecule has 0 saturated heterocycles. The quantitative estimate of drug-likeness (QED) is 0.719. The second-order valence-electron chi connectivity index (χ2n) is 4.40. The van der Waals surface area contributed by atoms with E-state index in [2.05, 4.69) is 6.92 Å². The summed E-state index contributed by atoms with van der Waals surface area (Å²) in [6.07, 6.45) is 0.964. The first-order chi connectivity index (χ1) is 9.79. The summed E-state index contributed by atoms with van der Waals surface area (Å²) in [4.78, 5) is 12.0. The van der Waals surface area contributed by atoms with Gasteiger partial charge in [-0.25, -0.2) is 0 Å². The molecule has 3 nitrogen and oxygen atoms in total. The van der Waals surface area contributed by atoms with Crippen LogP contribution in [0.15, 0.2) is 54.6 Å². The van der Waals surface area contributed by atoms with Crippen LogP contribution in [-0.4, -0.2) is 19.0 Å². The van der Waals surface area contributed by atoms with Crippen molar-refractivity contribution < 1.29 is 14.3 Å². The van der Waals surface area contributed by atoms with Gasteiger partial charge in [-0.3, -0.25) is 4.79 Å². The van der Waals surface area contributed by atoms with Crippen LogP contribution in [0.5, 0.6) is 11.5 Å². The first-order valence-corrected chi connectivity index (χ1v) is 6.73. The van der Waals surface area contributed by atoms with Crippen molar-refractivity contribution in [3.05, 3.63) is 60.2 Å². The van der Waals surface area contributed by atoms with E-state index in [0.29, 0.717) is 17.9 Å². The van der Waals surface area contributed by atoms with Crippen LogP contribution in [0.2, 0.25) is 0 Å². The number of Topliss-reactive ketones (excluding diaryl/α,β-unsaturated/α-hetero) is 1. The zero-order valence-corrected chi connectivity index (χ0v) is 11.5. The highest BCUT2D eigenvalue weighted by Gasteiger charge is 2.07. The Balaban J connectivity index is 1.89. The number of rotatable bonds is 7. The SMILES string of the molecule is CCCOc1ccc(C(=O)COc2ccccc2)cc1. The normalized spacial score (nSPS) is 10.1. The molecule has 0 aliphatic carbocycles. The molecular weight excluding hydrogens is 252 g/mol. The van der Waals surface area contributed by atoms with Crippen molar-refractivity contribution in [3.8, 4) is 11.5 Å². The predicted octanol–water partition coefficient (Wildman–Crippen LogP) is 3.74. The molecule has 3 heteroatoms. The average molecular weight is 270 g/mol. The van der Waals surface area contributed by atoms with E-state index in [4.69, 9.17) is 9.47 Å². The van der Waals surface area contributed by atoms with Gasteiger partial charge in [-0.05, 0) is 42.8 Å². The molecule has 0 fully saturated rings. The van der Waals surface area contributed by atoms with Gasteiger partial charge in [0.2, 0.25) is 0 Å². The van der Waals surface area contributed by atoms with Gasteiger partial charge in [0.05, 0.1) is 6.61 Å². The fourth-order valence-corrected chi connectivity index (χ4v) is 1.71. The van der Waals surface area contributed by atoms with Crippen molar-refractivity contribution >= 4 is 5.78 Å². The van der Waals surface area contributed by atoms with E-state index >= 15 is 0 Å². The molecule has 0 amide bonds. The van der Waals surface area contributed by atoms with Gasteiger partial charge in [-0.1, -0.05) is 25.1 Å². The van der Waals surface area contributed by atoms with Crippen molar-refractivity contribution in [3.63, 3.8) is 0 Å². The molecule has 2 aromatic rings. The summed E-state index contributed by atoms with van der Waals surface area (Å²) in [7, 11) is 0. The first-order valence-electron chi connectivity index (χ1n) is 6.73. The van der Waals surface area contributed by atoms with E-state index < -0.39 is 0 Å². The molecular formula is C17H18O3. The Kier molecular flexibility index (Phi) is 5.18. The molecule has 2 rings (SSSR count). The van der Waals surface area contributed by atoms with Gasteiger partial charge in [0.25, 0.3) is 0 Å². The van der Waals surface area contributed by atoms with Crippen LogP contribution in [0.1, 0.15) is 23.7 Å². The molecule has 0 spiro atoms. The Labute approximate surface area is 119 Å². The zero-order chi connectivity index (χ0) is 14.2. The van der Waals surface area contributed by atoms with Crippen LogP contribution in [-0.2, 0) is 0 Å². The van der Waals surface area contributed by atoms with E-state index in [1.165, 1.54) is 0 Å². The molecule has 0 heterocycles. The molecule has 20 heavy (non-hydrogen) atoms. The van der Waals surface area contributed by atoms with Gasteiger partial charge in [-0.2, -0.15) is 0 Å². The number of benzene rings is 2. The van der Waals surface area contributed by atoms with E-state index in [0.717, 1.165) is 12.2 Å². The fraction of sp³-hybridized carbons (Fsp3) is 0.235. The highest BCUT2D eigenvalue weighted by Crippen LogP contribution is 2.14. The molecule has 0 aliphatic rings. The minimum atomic E-state index is -0.0455. The molecule has 0 atom stereocenters. The Hall–Kier alpha value is -2.29. The number of para-hydroxylation sites is 1. The topological polar surface area (TPSA) is 35.5 Å². The number of ketones is 1. The van der Waals surface area contributed by atoms with Crippen molar-refractivity contribution in [1.82, 2.24) is 0 Å². The predicted molar refractivity (Wildman–Crippen MR) is 78.5 cm³/mol. The molecule has 0 unspecified atom stereocenters. The number of hydrogen-bond acceptors (Lipinski definition) is 3. The van der Waals surface area contributed by atoms with Crippen LogP contribution >= 0.6 is 0 Å². The van der Waals surface area contributed by atoms with E-state index in [1.54, 1.807) is 12.1 Å². The highest BCUT2D eigenvalue weighted by molar-refractivity contribution is 5.97. The van der Waals surface area contributed by atoms with Crippen molar-refractivity contribution in [2.24, 2.45) is 0 Å². The standard InChI is InChI=1S/C17H18O3/c1-2-12-19-16-10-8-14(9-11-16)17(18)13-20-15-6-4-3-5-7-15/h3-11H,2,12-13H2,1H3. The van der Waals surface area contributed by atoms with Crippen molar-refractivity contribution in [2.45, 2.75) is 13.3 Å². The summed E-state index contributed by atoms with van der Waals surface area (Å²) in [6.45, 7) is 2.78. The maximum atomic E-state index is 12.0. The lowest BCUT2D eigenvalue weighted by Crippen LogP contribution is -2.11. The second kappa shape index (κ2) is 7.34. The second-order valence-corrected chi connectivity index (χ2v) is 4.40. The third kappa shape index (κ3) is 4.12. The Morgan fingerprint density at radius 3 is 2.20 bits per heavy atom. The van der Waals surface area contributed by atoms with Gasteiger partial charge in [0.1, 0.15) is 11.5 Å². The van der Waals surface area contributed by atoms with Crippen LogP contribution in [0.3, 0.4) is 0 Å². The van der Waals surface area contributed by atoms with Gasteiger partial charge in [-0.15, -0.1) is 0 Å². The van der Waals surface area contributed by atoms with E-state index in [1.807, 2.05) is 42.5 Å². The Morgan fingerprint density at radius 2 is 1.55 bits per heavy atom. The Morgan fingerprint density at radius 1 is 0.900 bits per heavy atom. The third-order valence-electron chi connectivity index (χ3n) is 2.76. The minimum absolute atomic E-state index is 0.0409. The molecule has 104 valence electrons. The third-order valence-corrected chi connectivity index (χ3v) is 2.76. The highest BCUT2D eigenvalue weighted by atomic mass is 16.5. The summed E-state index contributed by atoms with van der Waals surface area (Å²) in [6, 6.07) is 16.5. The monoisotopic (exact) mass is 270 g/mol. The maximum absolute atomic E-state index is 12.0. The fourth-order valence-electron chi connectivity index (χ4n) is 1.71. The van der Waals surface area contributed by atoms with Gasteiger partial charge < -0.3 is 9.47 Å². The summed E-state index contributed by atoms with van der Waals surface area (Å²) in [5.74, 6) is 1.44. The van der Waals surface area contributed by atoms with Crippen LogP contribution in [0.4, 0.5) is 0 Å². The lowest BCUT2D eigenvalue weighted by molar-refractivity contribution is 0.0921. The van der Waals surface area contributed by atoms with Gasteiger partial charge in [0, 0.05) is 5.56 Å². The van der Waals surface area contributed by atoms with E-state index in [-0.39, 0.29) is 12.4 Å². The zero-order valence-electron chi connectivity index (χ0n) is 11.5. The average Bonchev–Trinajstić information content (AvgIpc) is 2.52. The number of carbonyl (C=O) groups is 1. The largest absolute Gasteiger partial charge is 0.494 e. The summed E-state index contributed by atoms with van der Waals surface area (Å²) in [5.41, 5.74) is 0.629.